The SMILES string of the molecule is NCc1ccc(OC(=O)[C@@H]2CC[C@@H]3CN2C(=O)N3OS(=O)(=O)O)cc1. The molecule has 0 aromatic heterocycles. The van der Waals surface area contributed by atoms with Crippen LogP contribution in [0.5, 0.6) is 5.75 Å². The number of carbonyl (C=O) groups is 2. The molecule has 2 fully saturated rings. The number of hydroxylamine groups is 2. The molecule has 11 heteroatoms. The first-order valence-corrected chi connectivity index (χ1v) is 8.92. The average molecular weight is 371 g/mol. The van der Waals surface area contributed by atoms with Gasteiger partial charge in [-0.2, -0.15) is 13.5 Å². The van der Waals surface area contributed by atoms with E-state index in [4.69, 9.17) is 15.0 Å². The van der Waals surface area contributed by atoms with Crippen LogP contribution < -0.4 is 10.5 Å². The molecule has 2 saturated heterocycles. The Bertz CT molecular complexity index is 780. The average Bonchev–Trinajstić information content (AvgIpc) is 2.79. The van der Waals surface area contributed by atoms with Gasteiger partial charge in [-0.3, -0.25) is 4.55 Å². The number of esters is 1. The summed E-state index contributed by atoms with van der Waals surface area (Å²) in [4.78, 5) is 25.8. The molecule has 3 N–H and O–H groups in total. The molecule has 0 spiro atoms. The van der Waals surface area contributed by atoms with Gasteiger partial charge in [-0.25, -0.2) is 9.59 Å². The molecule has 0 saturated carbocycles. The third kappa shape index (κ3) is 3.74. The molecule has 25 heavy (non-hydrogen) atoms. The van der Waals surface area contributed by atoms with Crippen molar-refractivity contribution in [1.29, 1.82) is 0 Å². The fraction of sp³-hybridized carbons (Fsp3) is 0.429. The number of urea groups is 1. The Morgan fingerprint density at radius 1 is 1.28 bits per heavy atom. The van der Waals surface area contributed by atoms with Crippen molar-refractivity contribution in [3.05, 3.63) is 29.8 Å². The van der Waals surface area contributed by atoms with Crippen LogP contribution in [-0.2, 0) is 26.0 Å². The number of amides is 2. The van der Waals surface area contributed by atoms with E-state index in [1.54, 1.807) is 24.3 Å². The Balaban J connectivity index is 1.69. The highest BCUT2D eigenvalue weighted by molar-refractivity contribution is 7.80. The number of nitrogens with two attached hydrogens (primary N) is 1. The van der Waals surface area contributed by atoms with E-state index in [0.717, 1.165) is 5.56 Å². The van der Waals surface area contributed by atoms with Gasteiger partial charge in [-0.1, -0.05) is 12.1 Å². The molecular weight excluding hydrogens is 354 g/mol. The third-order valence-electron chi connectivity index (χ3n) is 4.15. The summed E-state index contributed by atoms with van der Waals surface area (Å²) in [7, 11) is -4.82. The minimum Gasteiger partial charge on any atom is -0.425 e. The van der Waals surface area contributed by atoms with Gasteiger partial charge >= 0.3 is 22.4 Å². The molecule has 2 aliphatic rings. The number of rotatable bonds is 5. The summed E-state index contributed by atoms with van der Waals surface area (Å²) < 4.78 is 40.1. The number of ether oxygens (including phenoxy) is 1. The van der Waals surface area contributed by atoms with E-state index in [2.05, 4.69) is 4.28 Å². The fourth-order valence-electron chi connectivity index (χ4n) is 2.95. The highest BCUT2D eigenvalue weighted by Crippen LogP contribution is 2.31. The Labute approximate surface area is 144 Å². The van der Waals surface area contributed by atoms with Crippen molar-refractivity contribution in [2.75, 3.05) is 6.54 Å². The summed E-state index contributed by atoms with van der Waals surface area (Å²) in [6.07, 6.45) is 0.630. The standard InChI is InChI=1S/C14H17N3O7S/c15-7-9-1-4-11(5-2-9)23-13(18)12-6-3-10-8-16(12)14(19)17(10)24-25(20,21)22/h1-2,4-5,10,12H,3,6-8,15H2,(H,20,21,22)/t10-,12+/m1/s1. The molecule has 0 radical (unpaired) electrons. The van der Waals surface area contributed by atoms with Gasteiger partial charge in [-0.15, -0.1) is 4.28 Å². The molecule has 2 atom stereocenters. The van der Waals surface area contributed by atoms with Crippen molar-refractivity contribution < 1.29 is 31.6 Å². The second-order valence-corrected chi connectivity index (χ2v) is 6.78. The summed E-state index contributed by atoms with van der Waals surface area (Å²) in [5.74, 6) is -0.303. The monoisotopic (exact) mass is 371 g/mol. The summed E-state index contributed by atoms with van der Waals surface area (Å²) in [5.41, 5.74) is 6.38. The van der Waals surface area contributed by atoms with Crippen LogP contribution in [0.2, 0.25) is 0 Å². The smallest absolute Gasteiger partial charge is 0.418 e. The van der Waals surface area contributed by atoms with Crippen LogP contribution in [0.4, 0.5) is 4.79 Å². The lowest BCUT2D eigenvalue weighted by molar-refractivity contribution is -0.140. The molecule has 136 valence electrons. The van der Waals surface area contributed by atoms with E-state index < -0.39 is 34.5 Å². The Hall–Kier alpha value is -2.21. The van der Waals surface area contributed by atoms with Crippen LogP contribution in [0.15, 0.2) is 24.3 Å². The zero-order valence-electron chi connectivity index (χ0n) is 13.1. The number of piperidine rings is 1. The first kappa shape index (κ1) is 17.6. The van der Waals surface area contributed by atoms with Crippen molar-refractivity contribution in [2.24, 2.45) is 5.73 Å². The predicted octanol–water partition coefficient (Wildman–Crippen LogP) is 0.0537. The van der Waals surface area contributed by atoms with Gasteiger partial charge in [0.25, 0.3) is 0 Å². The van der Waals surface area contributed by atoms with E-state index in [1.165, 1.54) is 4.90 Å². The molecule has 2 heterocycles. The Morgan fingerprint density at radius 2 is 1.96 bits per heavy atom. The topological polar surface area (TPSA) is 139 Å². The Kier molecular flexibility index (Phi) is 4.64. The van der Waals surface area contributed by atoms with Crippen molar-refractivity contribution in [3.63, 3.8) is 0 Å². The zero-order valence-corrected chi connectivity index (χ0v) is 13.9. The molecule has 0 unspecified atom stereocenters. The maximum absolute atomic E-state index is 12.4. The third-order valence-corrected chi connectivity index (χ3v) is 4.50. The number of benzene rings is 1. The minimum absolute atomic E-state index is 0.111. The van der Waals surface area contributed by atoms with Crippen molar-refractivity contribution >= 4 is 22.4 Å². The molecule has 2 bridgehead atoms. The molecule has 1 aromatic rings. The molecule has 1 aromatic carbocycles. The van der Waals surface area contributed by atoms with Crippen LogP contribution in [-0.4, -0.2) is 53.6 Å². The van der Waals surface area contributed by atoms with Gasteiger partial charge < -0.3 is 15.4 Å². The molecule has 3 rings (SSSR count). The first-order valence-electron chi connectivity index (χ1n) is 7.56. The number of hydrogen-bond donors (Lipinski definition) is 2. The summed E-state index contributed by atoms with van der Waals surface area (Å²) in [5, 5.41) is 0.582. The van der Waals surface area contributed by atoms with E-state index in [-0.39, 0.29) is 6.54 Å². The van der Waals surface area contributed by atoms with E-state index in [0.29, 0.717) is 30.2 Å². The van der Waals surface area contributed by atoms with Crippen LogP contribution >= 0.6 is 0 Å². The predicted molar refractivity (Wildman–Crippen MR) is 83.4 cm³/mol. The van der Waals surface area contributed by atoms with Gasteiger partial charge in [0.05, 0.1) is 6.04 Å². The van der Waals surface area contributed by atoms with Crippen molar-refractivity contribution in [2.45, 2.75) is 31.5 Å². The fourth-order valence-corrected chi connectivity index (χ4v) is 3.34. The second kappa shape index (κ2) is 6.59. The van der Waals surface area contributed by atoms with Crippen LogP contribution in [0, 0.1) is 0 Å². The van der Waals surface area contributed by atoms with Crippen LogP contribution in [0.3, 0.4) is 0 Å². The van der Waals surface area contributed by atoms with Gasteiger partial charge in [0.2, 0.25) is 0 Å². The lowest BCUT2D eigenvalue weighted by atomic mass is 10.0. The first-order chi connectivity index (χ1) is 11.8. The zero-order chi connectivity index (χ0) is 18.2. The summed E-state index contributed by atoms with van der Waals surface area (Å²) >= 11 is 0. The number of fused-ring (bicyclic) bond motifs is 2. The quantitative estimate of drug-likeness (QED) is 0.420. The number of hydrogen-bond acceptors (Lipinski definition) is 7. The molecular formula is C14H17N3O7S. The van der Waals surface area contributed by atoms with Gasteiger partial charge in [0, 0.05) is 13.1 Å². The van der Waals surface area contributed by atoms with E-state index >= 15 is 0 Å². The summed E-state index contributed by atoms with van der Waals surface area (Å²) in [6.45, 7) is 0.477. The molecule has 10 nitrogen and oxygen atoms in total. The minimum atomic E-state index is -4.82. The highest BCUT2D eigenvalue weighted by Gasteiger charge is 2.49. The van der Waals surface area contributed by atoms with Gasteiger partial charge in [-0.05, 0) is 30.5 Å². The normalized spacial score (nSPS) is 23.0. The molecule has 2 amide bonds. The number of carbonyl (C=O) groups excluding carboxylic acids is 2. The molecule has 2 aliphatic heterocycles. The second-order valence-electron chi connectivity index (χ2n) is 5.78. The highest BCUT2D eigenvalue weighted by atomic mass is 32.3. The van der Waals surface area contributed by atoms with Crippen LogP contribution in [0.25, 0.3) is 0 Å². The maximum Gasteiger partial charge on any atom is 0.418 e. The largest absolute Gasteiger partial charge is 0.425 e. The van der Waals surface area contributed by atoms with Crippen molar-refractivity contribution in [3.8, 4) is 5.75 Å². The van der Waals surface area contributed by atoms with Crippen LogP contribution in [0.1, 0.15) is 18.4 Å². The lowest BCUT2D eigenvalue weighted by Crippen LogP contribution is -2.46. The van der Waals surface area contributed by atoms with E-state index in [1.807, 2.05) is 0 Å². The van der Waals surface area contributed by atoms with E-state index in [9.17, 15) is 18.0 Å². The van der Waals surface area contributed by atoms with Gasteiger partial charge in [0.15, 0.2) is 0 Å². The van der Waals surface area contributed by atoms with Gasteiger partial charge in [0.1, 0.15) is 11.8 Å². The number of nitrogens with zero attached hydrogens (tertiary/aromatic N) is 2. The summed E-state index contributed by atoms with van der Waals surface area (Å²) in [6, 6.07) is 4.44. The maximum atomic E-state index is 12.4. The molecule has 0 aliphatic carbocycles. The van der Waals surface area contributed by atoms with Crippen molar-refractivity contribution in [1.82, 2.24) is 9.96 Å². The lowest BCUT2D eigenvalue weighted by Gasteiger charge is -2.28. The Morgan fingerprint density at radius 3 is 2.56 bits per heavy atom.